The highest BCUT2D eigenvalue weighted by atomic mass is 32.1. The van der Waals surface area contributed by atoms with Crippen molar-refractivity contribution in [3.05, 3.63) is 64.4 Å². The van der Waals surface area contributed by atoms with Crippen molar-refractivity contribution >= 4 is 29.2 Å². The summed E-state index contributed by atoms with van der Waals surface area (Å²) in [6.45, 7) is 0. The first-order chi connectivity index (χ1) is 10.7. The number of carbonyl (C=O) groups is 2. The van der Waals surface area contributed by atoms with E-state index in [1.165, 1.54) is 11.3 Å². The number of carbonyl (C=O) groups excluding carboxylic acids is 2. The fraction of sp³-hybridized carbons (Fsp3) is 0.176. The zero-order valence-electron chi connectivity index (χ0n) is 11.9. The molecule has 1 saturated heterocycles. The average Bonchev–Trinajstić information content (AvgIpc) is 3.03. The van der Waals surface area contributed by atoms with E-state index in [4.69, 9.17) is 0 Å². The molecule has 4 nitrogen and oxygen atoms in total. The Morgan fingerprint density at radius 1 is 1.23 bits per heavy atom. The molecule has 2 aromatic rings. The predicted molar refractivity (Wildman–Crippen MR) is 87.4 cm³/mol. The lowest BCUT2D eigenvalue weighted by molar-refractivity contribution is -0.134. The van der Waals surface area contributed by atoms with Crippen LogP contribution >= 0.6 is 11.3 Å². The average molecular weight is 312 g/mol. The van der Waals surface area contributed by atoms with Crippen LogP contribution < -0.4 is 10.6 Å². The largest absolute Gasteiger partial charge is 0.345 e. The van der Waals surface area contributed by atoms with E-state index in [0.717, 1.165) is 10.4 Å². The number of hydrogen-bond acceptors (Lipinski definition) is 3. The van der Waals surface area contributed by atoms with Gasteiger partial charge in [-0.15, -0.1) is 11.3 Å². The van der Waals surface area contributed by atoms with E-state index < -0.39 is 6.04 Å². The van der Waals surface area contributed by atoms with E-state index in [0.29, 0.717) is 6.42 Å². The Hall–Kier alpha value is -2.40. The Morgan fingerprint density at radius 3 is 2.73 bits per heavy atom. The van der Waals surface area contributed by atoms with Gasteiger partial charge < -0.3 is 10.6 Å². The number of hydrogen-bond donors (Lipinski definition) is 2. The SMILES string of the molecule is O=C(Cc1cccs1)NC1C(=O)NC1C=Cc1ccccc1. The van der Waals surface area contributed by atoms with Gasteiger partial charge in [0.15, 0.2) is 0 Å². The maximum atomic E-state index is 12.0. The van der Waals surface area contributed by atoms with E-state index in [-0.39, 0.29) is 17.9 Å². The van der Waals surface area contributed by atoms with Crippen molar-refractivity contribution < 1.29 is 9.59 Å². The molecule has 2 unspecified atom stereocenters. The van der Waals surface area contributed by atoms with Crippen LogP contribution in [0.25, 0.3) is 6.08 Å². The Labute approximate surface area is 132 Å². The summed E-state index contributed by atoms with van der Waals surface area (Å²) >= 11 is 1.54. The fourth-order valence-corrected chi connectivity index (χ4v) is 3.00. The number of thiophene rings is 1. The minimum absolute atomic E-state index is 0.125. The van der Waals surface area contributed by atoms with E-state index in [2.05, 4.69) is 10.6 Å². The van der Waals surface area contributed by atoms with Crippen LogP contribution in [0.1, 0.15) is 10.4 Å². The zero-order valence-corrected chi connectivity index (χ0v) is 12.7. The lowest BCUT2D eigenvalue weighted by Crippen LogP contribution is -2.68. The molecule has 1 fully saturated rings. The van der Waals surface area contributed by atoms with Gasteiger partial charge in [0.25, 0.3) is 0 Å². The van der Waals surface area contributed by atoms with Gasteiger partial charge in [-0.1, -0.05) is 48.6 Å². The second kappa shape index (κ2) is 6.58. The van der Waals surface area contributed by atoms with Gasteiger partial charge in [0, 0.05) is 4.88 Å². The summed E-state index contributed by atoms with van der Waals surface area (Å²) in [5, 5.41) is 7.52. The van der Waals surface area contributed by atoms with Gasteiger partial charge in [-0.3, -0.25) is 9.59 Å². The summed E-state index contributed by atoms with van der Waals surface area (Å²) in [6.07, 6.45) is 4.17. The van der Waals surface area contributed by atoms with Crippen LogP contribution in [0.5, 0.6) is 0 Å². The molecular weight excluding hydrogens is 296 g/mol. The van der Waals surface area contributed by atoms with Crippen LogP contribution in [0.3, 0.4) is 0 Å². The van der Waals surface area contributed by atoms with Gasteiger partial charge in [0.05, 0.1) is 12.5 Å². The molecule has 2 atom stereocenters. The second-order valence-corrected chi connectivity index (χ2v) is 6.14. The number of benzene rings is 1. The topological polar surface area (TPSA) is 58.2 Å². The van der Waals surface area contributed by atoms with Gasteiger partial charge >= 0.3 is 0 Å². The predicted octanol–water partition coefficient (Wildman–Crippen LogP) is 1.99. The van der Waals surface area contributed by atoms with Gasteiger partial charge in [-0.25, -0.2) is 0 Å². The highest BCUT2D eigenvalue weighted by Crippen LogP contribution is 2.13. The van der Waals surface area contributed by atoms with E-state index in [1.54, 1.807) is 0 Å². The quantitative estimate of drug-likeness (QED) is 0.830. The van der Waals surface area contributed by atoms with Crippen LogP contribution in [-0.4, -0.2) is 23.9 Å². The van der Waals surface area contributed by atoms with E-state index in [9.17, 15) is 9.59 Å². The summed E-state index contributed by atoms with van der Waals surface area (Å²) in [4.78, 5) is 24.6. The van der Waals surface area contributed by atoms with Crippen molar-refractivity contribution in [2.45, 2.75) is 18.5 Å². The van der Waals surface area contributed by atoms with Gasteiger partial charge in [-0.05, 0) is 17.0 Å². The maximum absolute atomic E-state index is 12.0. The zero-order chi connectivity index (χ0) is 15.4. The lowest BCUT2D eigenvalue weighted by atomic mass is 9.97. The molecule has 112 valence electrons. The summed E-state index contributed by atoms with van der Waals surface area (Å²) < 4.78 is 0. The molecule has 0 bridgehead atoms. The van der Waals surface area contributed by atoms with Crippen molar-refractivity contribution in [1.82, 2.24) is 10.6 Å². The van der Waals surface area contributed by atoms with Crippen molar-refractivity contribution in [1.29, 1.82) is 0 Å². The molecule has 1 aliphatic heterocycles. The van der Waals surface area contributed by atoms with Crippen molar-refractivity contribution in [3.63, 3.8) is 0 Å². The third kappa shape index (κ3) is 3.43. The first-order valence-corrected chi connectivity index (χ1v) is 7.96. The van der Waals surface area contributed by atoms with E-state index in [1.807, 2.05) is 60.0 Å². The molecule has 1 aromatic heterocycles. The third-order valence-electron chi connectivity index (χ3n) is 3.48. The molecule has 0 saturated carbocycles. The number of rotatable bonds is 5. The van der Waals surface area contributed by atoms with Crippen LogP contribution in [-0.2, 0) is 16.0 Å². The first-order valence-electron chi connectivity index (χ1n) is 7.08. The van der Waals surface area contributed by atoms with Gasteiger partial charge in [-0.2, -0.15) is 0 Å². The number of amides is 2. The minimum Gasteiger partial charge on any atom is -0.345 e. The summed E-state index contributed by atoms with van der Waals surface area (Å²) in [7, 11) is 0. The van der Waals surface area contributed by atoms with Gasteiger partial charge in [0.2, 0.25) is 11.8 Å². The van der Waals surface area contributed by atoms with Crippen LogP contribution in [0, 0.1) is 0 Å². The Morgan fingerprint density at radius 2 is 2.05 bits per heavy atom. The molecule has 1 aromatic carbocycles. The molecule has 22 heavy (non-hydrogen) atoms. The lowest BCUT2D eigenvalue weighted by Gasteiger charge is -2.35. The Kier molecular flexibility index (Phi) is 4.34. The maximum Gasteiger partial charge on any atom is 0.245 e. The molecule has 0 aliphatic carbocycles. The smallest absolute Gasteiger partial charge is 0.245 e. The van der Waals surface area contributed by atoms with Crippen LogP contribution in [0.2, 0.25) is 0 Å². The summed E-state index contributed by atoms with van der Waals surface area (Å²) in [5.41, 5.74) is 1.06. The molecule has 0 radical (unpaired) electrons. The molecule has 1 aliphatic rings. The summed E-state index contributed by atoms with van der Waals surface area (Å²) in [6, 6.07) is 13.0. The van der Waals surface area contributed by atoms with Crippen molar-refractivity contribution in [2.75, 3.05) is 0 Å². The number of β-lactam (4-membered cyclic amide) rings is 1. The highest BCUT2D eigenvalue weighted by molar-refractivity contribution is 7.10. The fourth-order valence-electron chi connectivity index (χ4n) is 2.29. The molecular formula is C17H16N2O2S. The normalized spacial score (nSPS) is 20.5. The molecule has 0 spiro atoms. The van der Waals surface area contributed by atoms with Crippen LogP contribution in [0.15, 0.2) is 53.9 Å². The Bertz CT molecular complexity index is 680. The Balaban J connectivity index is 1.57. The van der Waals surface area contributed by atoms with Crippen molar-refractivity contribution in [3.8, 4) is 0 Å². The molecule has 2 heterocycles. The van der Waals surface area contributed by atoms with Gasteiger partial charge in [0.1, 0.15) is 6.04 Å². The molecule has 2 amide bonds. The molecule has 3 rings (SSSR count). The molecule has 2 N–H and O–H groups in total. The standard InChI is InChI=1S/C17H16N2O2S/c20-15(11-13-7-4-10-22-13)19-16-14(18-17(16)21)9-8-12-5-2-1-3-6-12/h1-10,14,16H,11H2,(H,18,21)(H,19,20). The number of nitrogens with one attached hydrogen (secondary N) is 2. The third-order valence-corrected chi connectivity index (χ3v) is 4.35. The minimum atomic E-state index is -0.479. The van der Waals surface area contributed by atoms with Crippen molar-refractivity contribution in [2.24, 2.45) is 0 Å². The highest BCUT2D eigenvalue weighted by Gasteiger charge is 2.38. The monoisotopic (exact) mass is 312 g/mol. The first kappa shape index (κ1) is 14.5. The second-order valence-electron chi connectivity index (χ2n) is 5.11. The molecule has 5 heteroatoms. The summed E-state index contributed by atoms with van der Waals surface area (Å²) in [5.74, 6) is -0.261. The van der Waals surface area contributed by atoms with Crippen LogP contribution in [0.4, 0.5) is 0 Å². The van der Waals surface area contributed by atoms with E-state index >= 15 is 0 Å².